The summed E-state index contributed by atoms with van der Waals surface area (Å²) in [7, 11) is 1.23. The third kappa shape index (κ3) is 9.04. The summed E-state index contributed by atoms with van der Waals surface area (Å²) in [6.07, 6.45) is -1.19. The van der Waals surface area contributed by atoms with Gasteiger partial charge in [0.25, 0.3) is 0 Å². The summed E-state index contributed by atoms with van der Waals surface area (Å²) in [5, 5.41) is 9.87. The molecule has 224 valence electrons. The van der Waals surface area contributed by atoms with Crippen molar-refractivity contribution in [2.24, 2.45) is 0 Å². The summed E-state index contributed by atoms with van der Waals surface area (Å²) in [5.41, 5.74) is 4.03. The molecule has 1 atom stereocenters. The molecule has 0 saturated carbocycles. The predicted molar refractivity (Wildman–Crippen MR) is 153 cm³/mol. The van der Waals surface area contributed by atoms with Gasteiger partial charge in [-0.1, -0.05) is 37.8 Å². The van der Waals surface area contributed by atoms with Gasteiger partial charge in [0.2, 0.25) is 0 Å². The number of fused-ring (bicyclic) bond motifs is 2. The van der Waals surface area contributed by atoms with E-state index in [1.165, 1.54) is 7.11 Å². The molecule has 0 radical (unpaired) electrons. The number of amides is 2. The third-order valence-corrected chi connectivity index (χ3v) is 6.09. The number of aliphatic hydroxyl groups excluding tert-OH is 1. The molecule has 0 saturated heterocycles. The zero-order valence-corrected chi connectivity index (χ0v) is 24.1. The molecular formula is C31H42N2O8. The SMILES string of the molecule is C.CC(C)(C)OC(=O)N1Cc2ccc(C=O)cc2C1.COC(=O)C(O)c1ccc2c(c1)CN(C(=O)OC(C)(C)C)C2. The van der Waals surface area contributed by atoms with Crippen LogP contribution in [0.4, 0.5) is 9.59 Å². The summed E-state index contributed by atoms with van der Waals surface area (Å²) in [6, 6.07) is 10.7. The van der Waals surface area contributed by atoms with E-state index in [9.17, 15) is 24.3 Å². The summed E-state index contributed by atoms with van der Waals surface area (Å²) in [6.45, 7) is 12.9. The number of carbonyl (C=O) groups excluding carboxylic acids is 4. The Bertz CT molecular complexity index is 1280. The van der Waals surface area contributed by atoms with Crippen molar-refractivity contribution in [2.75, 3.05) is 7.11 Å². The molecule has 10 nitrogen and oxygen atoms in total. The number of ether oxygens (including phenoxy) is 3. The second-order valence-corrected chi connectivity index (χ2v) is 11.8. The molecule has 1 unspecified atom stereocenters. The first-order valence-electron chi connectivity index (χ1n) is 13.0. The van der Waals surface area contributed by atoms with Crippen LogP contribution in [-0.2, 0) is 45.2 Å². The lowest BCUT2D eigenvalue weighted by atomic mass is 10.0. The molecule has 2 aliphatic rings. The second-order valence-electron chi connectivity index (χ2n) is 11.8. The van der Waals surface area contributed by atoms with Gasteiger partial charge in [-0.25, -0.2) is 14.4 Å². The molecule has 0 bridgehead atoms. The van der Waals surface area contributed by atoms with E-state index in [0.717, 1.165) is 28.5 Å². The number of hydrogen-bond donors (Lipinski definition) is 1. The Morgan fingerprint density at radius 2 is 1.22 bits per heavy atom. The molecule has 2 heterocycles. The van der Waals surface area contributed by atoms with Crippen LogP contribution in [0.1, 0.15) is 93.2 Å². The van der Waals surface area contributed by atoms with Crippen LogP contribution in [0.25, 0.3) is 0 Å². The van der Waals surface area contributed by atoms with Crippen LogP contribution < -0.4 is 0 Å². The molecule has 0 fully saturated rings. The van der Waals surface area contributed by atoms with Crippen molar-refractivity contribution in [3.63, 3.8) is 0 Å². The summed E-state index contributed by atoms with van der Waals surface area (Å²) in [4.78, 5) is 49.3. The highest BCUT2D eigenvalue weighted by molar-refractivity contribution is 5.77. The fourth-order valence-corrected chi connectivity index (χ4v) is 4.23. The van der Waals surface area contributed by atoms with Gasteiger partial charge in [0.05, 0.1) is 7.11 Å². The minimum absolute atomic E-state index is 0. The predicted octanol–water partition coefficient (Wildman–Crippen LogP) is 5.53. The molecule has 2 amide bonds. The van der Waals surface area contributed by atoms with Crippen molar-refractivity contribution < 1.29 is 38.5 Å². The Balaban J connectivity index is 0.000000285. The Labute approximate surface area is 242 Å². The molecule has 2 aliphatic heterocycles. The molecular weight excluding hydrogens is 528 g/mol. The van der Waals surface area contributed by atoms with Crippen molar-refractivity contribution in [2.45, 2.75) is 92.5 Å². The molecule has 1 N–H and O–H groups in total. The van der Waals surface area contributed by atoms with E-state index in [2.05, 4.69) is 4.74 Å². The summed E-state index contributed by atoms with van der Waals surface area (Å²) < 4.78 is 15.2. The number of carbonyl (C=O) groups is 4. The largest absolute Gasteiger partial charge is 0.467 e. The molecule has 0 aliphatic carbocycles. The first-order chi connectivity index (χ1) is 18.6. The molecule has 41 heavy (non-hydrogen) atoms. The summed E-state index contributed by atoms with van der Waals surface area (Å²) >= 11 is 0. The average molecular weight is 571 g/mol. The van der Waals surface area contributed by atoms with Gasteiger partial charge in [-0.15, -0.1) is 0 Å². The Kier molecular flexibility index (Phi) is 10.7. The molecule has 2 aromatic carbocycles. The average Bonchev–Trinajstić information content (AvgIpc) is 3.49. The molecule has 2 aromatic rings. The van der Waals surface area contributed by atoms with Crippen LogP contribution in [0, 0.1) is 0 Å². The number of nitrogens with zero attached hydrogens (tertiary/aromatic N) is 2. The maximum absolute atomic E-state index is 12.1. The van der Waals surface area contributed by atoms with Crippen LogP contribution >= 0.6 is 0 Å². The molecule has 4 rings (SSSR count). The van der Waals surface area contributed by atoms with Crippen LogP contribution in [-0.4, -0.2) is 57.7 Å². The van der Waals surface area contributed by atoms with Gasteiger partial charge in [0.1, 0.15) is 17.5 Å². The minimum Gasteiger partial charge on any atom is -0.467 e. The number of benzene rings is 2. The number of methoxy groups -OCH3 is 1. The maximum atomic E-state index is 12.1. The summed E-state index contributed by atoms with van der Waals surface area (Å²) in [5.74, 6) is -0.707. The van der Waals surface area contributed by atoms with E-state index in [1.807, 2.05) is 53.7 Å². The number of aldehydes is 1. The topological polar surface area (TPSA) is 123 Å². The lowest BCUT2D eigenvalue weighted by Gasteiger charge is -2.24. The van der Waals surface area contributed by atoms with E-state index in [4.69, 9.17) is 9.47 Å². The van der Waals surface area contributed by atoms with E-state index in [1.54, 1.807) is 34.1 Å². The monoisotopic (exact) mass is 570 g/mol. The fraction of sp³-hybridized carbons (Fsp3) is 0.484. The van der Waals surface area contributed by atoms with Gasteiger partial charge in [0, 0.05) is 31.7 Å². The van der Waals surface area contributed by atoms with E-state index >= 15 is 0 Å². The van der Waals surface area contributed by atoms with Gasteiger partial charge in [0.15, 0.2) is 6.10 Å². The normalized spacial score (nSPS) is 14.4. The lowest BCUT2D eigenvalue weighted by Crippen LogP contribution is -2.33. The van der Waals surface area contributed by atoms with Crippen molar-refractivity contribution in [3.05, 3.63) is 69.8 Å². The maximum Gasteiger partial charge on any atom is 0.410 e. The Morgan fingerprint density at radius 1 is 0.780 bits per heavy atom. The van der Waals surface area contributed by atoms with E-state index in [-0.39, 0.29) is 19.6 Å². The standard InChI is InChI=1S/C16H21NO5.C14H17NO3.CH4/c1-16(2,3)22-15(20)17-8-11-6-5-10(7-12(11)9-17)13(18)14(19)21-4;1-14(2,3)18-13(17)15-7-11-5-4-10(9-16)6-12(11)8-15;/h5-7,13,18H,8-9H2,1-4H3;4-6,9H,7-8H2,1-3H3;1H4. The minimum atomic E-state index is -1.31. The van der Waals surface area contributed by atoms with Gasteiger partial charge < -0.3 is 19.3 Å². The van der Waals surface area contributed by atoms with Crippen LogP contribution in [0.15, 0.2) is 36.4 Å². The van der Waals surface area contributed by atoms with E-state index in [0.29, 0.717) is 37.3 Å². The van der Waals surface area contributed by atoms with Crippen molar-refractivity contribution in [3.8, 4) is 0 Å². The quantitative estimate of drug-likeness (QED) is 0.290. The van der Waals surface area contributed by atoms with E-state index < -0.39 is 23.3 Å². The van der Waals surface area contributed by atoms with Gasteiger partial charge in [-0.05, 0) is 75.4 Å². The number of esters is 1. The Morgan fingerprint density at radius 3 is 1.66 bits per heavy atom. The van der Waals surface area contributed by atoms with Crippen LogP contribution in [0.5, 0.6) is 0 Å². The lowest BCUT2D eigenvalue weighted by molar-refractivity contribution is -0.150. The zero-order chi connectivity index (χ0) is 29.8. The molecule has 10 heteroatoms. The van der Waals surface area contributed by atoms with Crippen LogP contribution in [0.2, 0.25) is 0 Å². The zero-order valence-electron chi connectivity index (χ0n) is 24.1. The van der Waals surface area contributed by atoms with Crippen LogP contribution in [0.3, 0.4) is 0 Å². The highest BCUT2D eigenvalue weighted by Gasteiger charge is 2.30. The third-order valence-electron chi connectivity index (χ3n) is 6.09. The van der Waals surface area contributed by atoms with Crippen molar-refractivity contribution >= 4 is 24.4 Å². The van der Waals surface area contributed by atoms with Gasteiger partial charge >= 0.3 is 18.2 Å². The first kappa shape index (κ1) is 33.3. The number of aliphatic hydroxyl groups is 1. The number of rotatable bonds is 3. The highest BCUT2D eigenvalue weighted by atomic mass is 16.6. The van der Waals surface area contributed by atoms with Crippen molar-refractivity contribution in [1.29, 1.82) is 0 Å². The molecule has 0 spiro atoms. The fourth-order valence-electron chi connectivity index (χ4n) is 4.23. The smallest absolute Gasteiger partial charge is 0.410 e. The second kappa shape index (κ2) is 13.2. The van der Waals surface area contributed by atoms with Gasteiger partial charge in [-0.2, -0.15) is 0 Å². The Hall–Kier alpha value is -3.92. The first-order valence-corrected chi connectivity index (χ1v) is 13.0. The number of hydrogen-bond acceptors (Lipinski definition) is 8. The van der Waals surface area contributed by atoms with Crippen molar-refractivity contribution in [1.82, 2.24) is 9.80 Å². The highest BCUT2D eigenvalue weighted by Crippen LogP contribution is 2.28. The van der Waals surface area contributed by atoms with Gasteiger partial charge in [-0.3, -0.25) is 14.6 Å². The molecule has 0 aromatic heterocycles.